The van der Waals surface area contributed by atoms with Gasteiger partial charge in [0.2, 0.25) is 0 Å². The standard InChI is InChI=1S/C17H14F2N2O3/c1-24-12-4-2-3-10(7-12)16(22)17(23)21-15(9-20)13-6-5-11(18)8-14(13)19/h2-8,15-16,22H,1H3,(H,21,23)/t15-,16+/m0/s1. The summed E-state index contributed by atoms with van der Waals surface area (Å²) in [5, 5.41) is 21.4. The average molecular weight is 332 g/mol. The molecule has 2 N–H and O–H groups in total. The fourth-order valence-electron chi connectivity index (χ4n) is 2.10. The molecule has 5 nitrogen and oxygen atoms in total. The van der Waals surface area contributed by atoms with Gasteiger partial charge in [-0.15, -0.1) is 0 Å². The van der Waals surface area contributed by atoms with Gasteiger partial charge in [-0.1, -0.05) is 18.2 Å². The molecule has 0 aliphatic carbocycles. The number of nitriles is 1. The summed E-state index contributed by atoms with van der Waals surface area (Å²) >= 11 is 0. The zero-order chi connectivity index (χ0) is 17.7. The summed E-state index contributed by atoms with van der Waals surface area (Å²) in [5.74, 6) is -2.20. The van der Waals surface area contributed by atoms with E-state index in [-0.39, 0.29) is 11.1 Å². The molecule has 0 saturated heterocycles. The molecule has 0 fully saturated rings. The summed E-state index contributed by atoms with van der Waals surface area (Å²) in [4.78, 5) is 12.1. The van der Waals surface area contributed by atoms with Crippen LogP contribution in [0.4, 0.5) is 8.78 Å². The predicted octanol–water partition coefficient (Wildman–Crippen LogP) is 2.39. The Kier molecular flexibility index (Phi) is 5.45. The van der Waals surface area contributed by atoms with Crippen molar-refractivity contribution in [1.82, 2.24) is 5.32 Å². The van der Waals surface area contributed by atoms with Gasteiger partial charge in [0, 0.05) is 11.6 Å². The van der Waals surface area contributed by atoms with E-state index in [2.05, 4.69) is 5.32 Å². The lowest BCUT2D eigenvalue weighted by Gasteiger charge is -2.16. The van der Waals surface area contributed by atoms with Crippen LogP contribution in [0.3, 0.4) is 0 Å². The van der Waals surface area contributed by atoms with Gasteiger partial charge in [0.05, 0.1) is 13.2 Å². The Morgan fingerprint density at radius 2 is 2.04 bits per heavy atom. The van der Waals surface area contributed by atoms with Crippen LogP contribution in [0.1, 0.15) is 23.3 Å². The molecule has 0 bridgehead atoms. The van der Waals surface area contributed by atoms with Gasteiger partial charge in [0.25, 0.3) is 5.91 Å². The van der Waals surface area contributed by atoms with Gasteiger partial charge in [-0.2, -0.15) is 5.26 Å². The average Bonchev–Trinajstić information content (AvgIpc) is 2.59. The first-order valence-corrected chi connectivity index (χ1v) is 6.93. The Morgan fingerprint density at radius 1 is 1.29 bits per heavy atom. The summed E-state index contributed by atoms with van der Waals surface area (Å²) < 4.78 is 31.7. The first-order valence-electron chi connectivity index (χ1n) is 6.93. The molecule has 2 atom stereocenters. The van der Waals surface area contributed by atoms with Crippen LogP contribution in [-0.2, 0) is 4.79 Å². The van der Waals surface area contributed by atoms with Gasteiger partial charge >= 0.3 is 0 Å². The van der Waals surface area contributed by atoms with E-state index in [1.807, 2.05) is 0 Å². The van der Waals surface area contributed by atoms with Crippen LogP contribution in [-0.4, -0.2) is 18.1 Å². The first-order chi connectivity index (χ1) is 11.5. The second-order valence-corrected chi connectivity index (χ2v) is 4.92. The number of halogens is 2. The highest BCUT2D eigenvalue weighted by Gasteiger charge is 2.24. The number of hydrogen-bond acceptors (Lipinski definition) is 4. The number of rotatable bonds is 5. The summed E-state index contributed by atoms with van der Waals surface area (Å²) in [5.41, 5.74) is 0.0632. The smallest absolute Gasteiger partial charge is 0.254 e. The van der Waals surface area contributed by atoms with E-state index in [9.17, 15) is 18.7 Å². The number of nitrogens with one attached hydrogen (secondary N) is 1. The van der Waals surface area contributed by atoms with Gasteiger partial charge < -0.3 is 15.2 Å². The van der Waals surface area contributed by atoms with Crippen molar-refractivity contribution in [2.75, 3.05) is 7.11 Å². The maximum absolute atomic E-state index is 13.7. The molecular weight excluding hydrogens is 318 g/mol. The van der Waals surface area contributed by atoms with Crippen molar-refractivity contribution in [2.45, 2.75) is 12.1 Å². The highest BCUT2D eigenvalue weighted by atomic mass is 19.1. The van der Waals surface area contributed by atoms with Crippen molar-refractivity contribution >= 4 is 5.91 Å². The maximum atomic E-state index is 13.7. The van der Waals surface area contributed by atoms with E-state index in [0.717, 1.165) is 12.1 Å². The number of aliphatic hydroxyl groups excluding tert-OH is 1. The molecule has 0 radical (unpaired) electrons. The number of aliphatic hydroxyl groups is 1. The molecule has 0 aromatic heterocycles. The molecule has 0 aliphatic heterocycles. The number of carbonyl (C=O) groups excluding carboxylic acids is 1. The fourth-order valence-corrected chi connectivity index (χ4v) is 2.10. The van der Waals surface area contributed by atoms with Gasteiger partial charge in [0.15, 0.2) is 6.10 Å². The predicted molar refractivity (Wildman–Crippen MR) is 80.8 cm³/mol. The van der Waals surface area contributed by atoms with Gasteiger partial charge in [-0.3, -0.25) is 4.79 Å². The monoisotopic (exact) mass is 332 g/mol. The van der Waals surface area contributed by atoms with Crippen molar-refractivity contribution in [2.24, 2.45) is 0 Å². The van der Waals surface area contributed by atoms with E-state index >= 15 is 0 Å². The molecule has 0 aliphatic rings. The van der Waals surface area contributed by atoms with Crippen LogP contribution in [0.5, 0.6) is 5.75 Å². The fraction of sp³-hybridized carbons (Fsp3) is 0.176. The molecule has 124 valence electrons. The van der Waals surface area contributed by atoms with Crippen LogP contribution in [0.15, 0.2) is 42.5 Å². The first kappa shape index (κ1) is 17.4. The van der Waals surface area contributed by atoms with E-state index < -0.39 is 29.7 Å². The highest BCUT2D eigenvalue weighted by Crippen LogP contribution is 2.22. The molecule has 1 amide bonds. The van der Waals surface area contributed by atoms with Crippen LogP contribution in [0.2, 0.25) is 0 Å². The number of benzene rings is 2. The third-order valence-electron chi connectivity index (χ3n) is 3.35. The molecule has 24 heavy (non-hydrogen) atoms. The summed E-state index contributed by atoms with van der Waals surface area (Å²) in [6.45, 7) is 0. The number of methoxy groups -OCH3 is 1. The van der Waals surface area contributed by atoms with E-state index in [1.165, 1.54) is 19.2 Å². The number of ether oxygens (including phenoxy) is 1. The van der Waals surface area contributed by atoms with Crippen LogP contribution in [0.25, 0.3) is 0 Å². The lowest BCUT2D eigenvalue weighted by molar-refractivity contribution is -0.130. The largest absolute Gasteiger partial charge is 0.497 e. The van der Waals surface area contributed by atoms with Crippen molar-refractivity contribution in [3.8, 4) is 11.8 Å². The Balaban J connectivity index is 2.18. The lowest BCUT2D eigenvalue weighted by atomic mass is 10.0. The minimum Gasteiger partial charge on any atom is -0.497 e. The number of amides is 1. The van der Waals surface area contributed by atoms with Gasteiger partial charge in [0.1, 0.15) is 23.4 Å². The van der Waals surface area contributed by atoms with Crippen molar-refractivity contribution in [1.29, 1.82) is 5.26 Å². The highest BCUT2D eigenvalue weighted by molar-refractivity contribution is 5.82. The zero-order valence-electron chi connectivity index (χ0n) is 12.7. The Morgan fingerprint density at radius 3 is 2.67 bits per heavy atom. The lowest BCUT2D eigenvalue weighted by Crippen LogP contribution is -2.32. The van der Waals surface area contributed by atoms with Crippen LogP contribution >= 0.6 is 0 Å². The number of nitrogens with zero attached hydrogens (tertiary/aromatic N) is 1. The minimum absolute atomic E-state index is 0.190. The van der Waals surface area contributed by atoms with E-state index in [4.69, 9.17) is 10.00 Å². The normalized spacial score (nSPS) is 12.8. The zero-order valence-corrected chi connectivity index (χ0v) is 12.7. The Hall–Kier alpha value is -2.98. The summed E-state index contributed by atoms with van der Waals surface area (Å²) in [7, 11) is 1.44. The van der Waals surface area contributed by atoms with E-state index in [1.54, 1.807) is 18.2 Å². The Labute approximate surface area is 137 Å². The molecule has 2 aromatic rings. The summed E-state index contributed by atoms with van der Waals surface area (Å²) in [6, 6.07) is 9.20. The van der Waals surface area contributed by atoms with Gasteiger partial charge in [-0.05, 0) is 23.8 Å². The van der Waals surface area contributed by atoms with Crippen molar-refractivity contribution in [3.05, 3.63) is 65.2 Å². The molecule has 7 heteroatoms. The van der Waals surface area contributed by atoms with E-state index in [0.29, 0.717) is 11.8 Å². The number of carbonyl (C=O) groups is 1. The molecule has 0 unspecified atom stereocenters. The number of hydrogen-bond donors (Lipinski definition) is 2. The third kappa shape index (κ3) is 3.86. The van der Waals surface area contributed by atoms with Crippen LogP contribution < -0.4 is 10.1 Å². The quantitative estimate of drug-likeness (QED) is 0.881. The second kappa shape index (κ2) is 7.53. The molecule has 2 aromatic carbocycles. The summed E-state index contributed by atoms with van der Waals surface area (Å²) in [6.07, 6.45) is -1.57. The minimum atomic E-state index is -1.57. The Bertz CT molecular complexity index is 790. The van der Waals surface area contributed by atoms with Gasteiger partial charge in [-0.25, -0.2) is 8.78 Å². The molecule has 2 rings (SSSR count). The topological polar surface area (TPSA) is 82.3 Å². The SMILES string of the molecule is COc1cccc([C@@H](O)C(=O)N[C@@H](C#N)c2ccc(F)cc2F)c1. The van der Waals surface area contributed by atoms with Crippen molar-refractivity contribution in [3.63, 3.8) is 0 Å². The molecule has 0 saturated carbocycles. The van der Waals surface area contributed by atoms with Crippen molar-refractivity contribution < 1.29 is 23.4 Å². The molecular formula is C17H14F2N2O3. The third-order valence-corrected chi connectivity index (χ3v) is 3.35. The maximum Gasteiger partial charge on any atom is 0.254 e. The second-order valence-electron chi connectivity index (χ2n) is 4.92. The molecule has 0 heterocycles. The molecule has 0 spiro atoms. The van der Waals surface area contributed by atoms with Crippen LogP contribution in [0, 0.1) is 23.0 Å².